The SMILES string of the molecule is CC(=O)O[C@]1(C#N)[C@@H](CN=[N+]=[N-])O[C@@H]2OC(C)(C)O[C@@H]21. The van der Waals surface area contributed by atoms with Crippen LogP contribution in [0.25, 0.3) is 10.4 Å². The van der Waals surface area contributed by atoms with E-state index in [1.54, 1.807) is 13.8 Å². The second-order valence-corrected chi connectivity index (χ2v) is 4.96. The molecule has 0 saturated carbocycles. The highest BCUT2D eigenvalue weighted by Crippen LogP contribution is 2.44. The van der Waals surface area contributed by atoms with Gasteiger partial charge in [-0.2, -0.15) is 5.26 Å². The van der Waals surface area contributed by atoms with Gasteiger partial charge in [-0.3, -0.25) is 4.79 Å². The van der Waals surface area contributed by atoms with Crippen molar-refractivity contribution in [3.05, 3.63) is 10.4 Å². The maximum Gasteiger partial charge on any atom is 0.304 e. The molecule has 2 rings (SSSR count). The molecule has 9 nitrogen and oxygen atoms in total. The normalized spacial score (nSPS) is 37.6. The third-order valence-electron chi connectivity index (χ3n) is 3.06. The zero-order valence-corrected chi connectivity index (χ0v) is 11.3. The lowest BCUT2D eigenvalue weighted by molar-refractivity contribution is -0.225. The van der Waals surface area contributed by atoms with E-state index in [0.29, 0.717) is 0 Å². The van der Waals surface area contributed by atoms with Crippen LogP contribution in [0.1, 0.15) is 20.8 Å². The van der Waals surface area contributed by atoms with Gasteiger partial charge in [-0.25, -0.2) is 0 Å². The van der Waals surface area contributed by atoms with Gasteiger partial charge in [0.2, 0.25) is 0 Å². The average Bonchev–Trinajstić information content (AvgIpc) is 2.78. The number of carbonyl (C=O) groups excluding carboxylic acids is 1. The first-order chi connectivity index (χ1) is 9.34. The molecule has 4 atom stereocenters. The Morgan fingerprint density at radius 2 is 2.25 bits per heavy atom. The Morgan fingerprint density at radius 1 is 1.55 bits per heavy atom. The largest absolute Gasteiger partial charge is 0.438 e. The molecular weight excluding hydrogens is 268 g/mol. The molecule has 0 aromatic heterocycles. The maximum absolute atomic E-state index is 11.3. The summed E-state index contributed by atoms with van der Waals surface area (Å²) in [6.45, 7) is 4.33. The Balaban J connectivity index is 2.35. The summed E-state index contributed by atoms with van der Waals surface area (Å²) in [6.07, 6.45) is -2.70. The Bertz CT molecular complexity index is 509. The van der Waals surface area contributed by atoms with Crippen LogP contribution in [0.15, 0.2) is 5.11 Å². The van der Waals surface area contributed by atoms with E-state index in [4.69, 9.17) is 24.5 Å². The molecule has 0 aliphatic carbocycles. The second kappa shape index (κ2) is 4.92. The van der Waals surface area contributed by atoms with Gasteiger partial charge in [0.1, 0.15) is 12.2 Å². The van der Waals surface area contributed by atoms with Crippen LogP contribution in [0.5, 0.6) is 0 Å². The smallest absolute Gasteiger partial charge is 0.304 e. The van der Waals surface area contributed by atoms with Crippen LogP contribution in [0.4, 0.5) is 0 Å². The van der Waals surface area contributed by atoms with Crippen molar-refractivity contribution in [2.24, 2.45) is 5.11 Å². The highest BCUT2D eigenvalue weighted by Gasteiger charge is 2.66. The van der Waals surface area contributed by atoms with Crippen molar-refractivity contribution in [2.75, 3.05) is 6.54 Å². The molecular formula is C11H14N4O5. The predicted octanol–water partition coefficient (Wildman–Crippen LogP) is 0.999. The number of hydrogen-bond donors (Lipinski definition) is 0. The summed E-state index contributed by atoms with van der Waals surface area (Å²) in [7, 11) is 0. The van der Waals surface area contributed by atoms with Crippen LogP contribution in [-0.2, 0) is 23.7 Å². The predicted molar refractivity (Wildman–Crippen MR) is 62.8 cm³/mol. The summed E-state index contributed by atoms with van der Waals surface area (Å²) >= 11 is 0. The van der Waals surface area contributed by atoms with E-state index < -0.39 is 35.9 Å². The zero-order valence-electron chi connectivity index (χ0n) is 11.3. The molecule has 108 valence electrons. The summed E-state index contributed by atoms with van der Waals surface area (Å²) in [5, 5.41) is 12.8. The van der Waals surface area contributed by atoms with E-state index in [-0.39, 0.29) is 6.54 Å². The van der Waals surface area contributed by atoms with Gasteiger partial charge in [0.05, 0.1) is 6.54 Å². The molecule has 0 radical (unpaired) electrons. The topological polar surface area (TPSA) is 127 Å². The van der Waals surface area contributed by atoms with Crippen LogP contribution in [0, 0.1) is 11.3 Å². The number of ether oxygens (including phenoxy) is 4. The lowest BCUT2D eigenvalue weighted by atomic mass is 9.93. The van der Waals surface area contributed by atoms with Crippen molar-refractivity contribution in [3.63, 3.8) is 0 Å². The summed E-state index contributed by atoms with van der Waals surface area (Å²) in [5.74, 6) is -1.61. The van der Waals surface area contributed by atoms with Crippen molar-refractivity contribution in [1.29, 1.82) is 5.26 Å². The molecule has 2 fully saturated rings. The zero-order chi connectivity index (χ0) is 15.0. The number of hydrogen-bond acceptors (Lipinski definition) is 7. The number of esters is 1. The van der Waals surface area contributed by atoms with Gasteiger partial charge in [0.15, 0.2) is 18.2 Å². The van der Waals surface area contributed by atoms with E-state index in [1.165, 1.54) is 6.92 Å². The first-order valence-corrected chi connectivity index (χ1v) is 5.97. The molecule has 0 bridgehead atoms. The molecule has 2 saturated heterocycles. The Morgan fingerprint density at radius 3 is 2.80 bits per heavy atom. The minimum Gasteiger partial charge on any atom is -0.438 e. The van der Waals surface area contributed by atoms with E-state index in [1.807, 2.05) is 6.07 Å². The van der Waals surface area contributed by atoms with Gasteiger partial charge in [0.25, 0.3) is 5.60 Å². The van der Waals surface area contributed by atoms with Crippen LogP contribution in [-0.4, -0.2) is 42.4 Å². The Labute approximate surface area is 115 Å². The number of azide groups is 1. The van der Waals surface area contributed by atoms with E-state index in [9.17, 15) is 10.1 Å². The van der Waals surface area contributed by atoms with Crippen LogP contribution < -0.4 is 0 Å². The Hall–Kier alpha value is -1.85. The van der Waals surface area contributed by atoms with Crippen molar-refractivity contribution in [2.45, 2.75) is 50.7 Å². The number of nitriles is 1. The highest BCUT2D eigenvalue weighted by atomic mass is 16.8. The summed E-state index contributed by atoms with van der Waals surface area (Å²) < 4.78 is 21.8. The summed E-state index contributed by atoms with van der Waals surface area (Å²) in [6, 6.07) is 1.92. The van der Waals surface area contributed by atoms with E-state index in [0.717, 1.165) is 0 Å². The summed E-state index contributed by atoms with van der Waals surface area (Å²) in [5.41, 5.74) is 6.69. The van der Waals surface area contributed by atoms with Crippen LogP contribution >= 0.6 is 0 Å². The molecule has 2 aliphatic heterocycles. The number of fused-ring (bicyclic) bond motifs is 1. The molecule has 0 aromatic carbocycles. The number of carbonyl (C=O) groups is 1. The second-order valence-electron chi connectivity index (χ2n) is 4.96. The molecule has 0 unspecified atom stereocenters. The van der Waals surface area contributed by atoms with Crippen molar-refractivity contribution in [1.82, 2.24) is 0 Å². The molecule has 2 aliphatic rings. The number of nitrogens with zero attached hydrogens (tertiary/aromatic N) is 4. The maximum atomic E-state index is 11.3. The fourth-order valence-corrected chi connectivity index (χ4v) is 2.38. The minimum absolute atomic E-state index is 0.169. The number of rotatable bonds is 3. The van der Waals surface area contributed by atoms with Gasteiger partial charge in [-0.1, -0.05) is 5.11 Å². The van der Waals surface area contributed by atoms with E-state index >= 15 is 0 Å². The van der Waals surface area contributed by atoms with Crippen molar-refractivity contribution in [3.8, 4) is 6.07 Å². The van der Waals surface area contributed by atoms with Crippen LogP contribution in [0.3, 0.4) is 0 Å². The quantitative estimate of drug-likeness (QED) is 0.329. The molecule has 0 amide bonds. The molecule has 9 heteroatoms. The molecule has 20 heavy (non-hydrogen) atoms. The van der Waals surface area contributed by atoms with Gasteiger partial charge >= 0.3 is 5.97 Å². The van der Waals surface area contributed by atoms with E-state index in [2.05, 4.69) is 10.0 Å². The third kappa shape index (κ3) is 2.30. The molecule has 2 heterocycles. The average molecular weight is 282 g/mol. The standard InChI is InChI=1S/C11H14N4O5/c1-6(16)18-11(5-12)7(4-14-15-13)17-9-8(11)19-10(2,3)20-9/h7-9H,4H2,1-3H3/t7-,8+,9-,11-/m1/s1. The lowest BCUT2D eigenvalue weighted by Gasteiger charge is -2.30. The lowest BCUT2D eigenvalue weighted by Crippen LogP contribution is -2.52. The van der Waals surface area contributed by atoms with Crippen molar-refractivity contribution < 1.29 is 23.7 Å². The van der Waals surface area contributed by atoms with Gasteiger partial charge < -0.3 is 18.9 Å². The molecule has 0 spiro atoms. The highest BCUT2D eigenvalue weighted by molar-refractivity contribution is 5.67. The van der Waals surface area contributed by atoms with Gasteiger partial charge in [-0.15, -0.1) is 0 Å². The summed E-state index contributed by atoms with van der Waals surface area (Å²) in [4.78, 5) is 13.9. The third-order valence-corrected chi connectivity index (χ3v) is 3.06. The Kier molecular flexibility index (Phi) is 3.58. The fraction of sp³-hybridized carbons (Fsp3) is 0.818. The first-order valence-electron chi connectivity index (χ1n) is 5.97. The van der Waals surface area contributed by atoms with Gasteiger partial charge in [0, 0.05) is 11.8 Å². The molecule has 0 aromatic rings. The van der Waals surface area contributed by atoms with Crippen LogP contribution in [0.2, 0.25) is 0 Å². The monoisotopic (exact) mass is 282 g/mol. The minimum atomic E-state index is -1.70. The first kappa shape index (κ1) is 14.6. The molecule has 0 N–H and O–H groups in total. The van der Waals surface area contributed by atoms with Gasteiger partial charge in [-0.05, 0) is 19.4 Å². The fourth-order valence-electron chi connectivity index (χ4n) is 2.38. The van der Waals surface area contributed by atoms with Crippen molar-refractivity contribution >= 4 is 5.97 Å².